The summed E-state index contributed by atoms with van der Waals surface area (Å²) >= 11 is 5.98. The van der Waals surface area contributed by atoms with Crippen molar-refractivity contribution in [2.45, 2.75) is 26.7 Å². The number of hydrogen-bond acceptors (Lipinski definition) is 4. The molecular formula is C21H21ClN2O3. The number of amides is 1. The maximum Gasteiger partial charge on any atom is 0.224 e. The zero-order valence-electron chi connectivity index (χ0n) is 15.3. The monoisotopic (exact) mass is 384 g/mol. The average Bonchev–Trinajstić information content (AvgIpc) is 3.13. The fraction of sp³-hybridized carbons (Fsp3) is 0.238. The highest BCUT2D eigenvalue weighted by Gasteiger charge is 2.10. The summed E-state index contributed by atoms with van der Waals surface area (Å²) in [7, 11) is 0. The Kier molecular flexibility index (Phi) is 6.14. The molecule has 0 fully saturated rings. The minimum Gasteiger partial charge on any atom is -0.494 e. The van der Waals surface area contributed by atoms with Crippen LogP contribution >= 0.6 is 11.6 Å². The van der Waals surface area contributed by atoms with E-state index in [4.69, 9.17) is 20.8 Å². The number of ether oxygens (including phenoxy) is 1. The summed E-state index contributed by atoms with van der Waals surface area (Å²) in [5.41, 5.74) is 2.59. The molecule has 5 nitrogen and oxygen atoms in total. The molecule has 27 heavy (non-hydrogen) atoms. The third-order valence-electron chi connectivity index (χ3n) is 4.04. The molecule has 0 spiro atoms. The lowest BCUT2D eigenvalue weighted by Gasteiger charge is -2.08. The average molecular weight is 385 g/mol. The molecular weight excluding hydrogens is 364 g/mol. The van der Waals surface area contributed by atoms with Crippen molar-refractivity contribution in [3.8, 4) is 17.1 Å². The van der Waals surface area contributed by atoms with E-state index in [0.29, 0.717) is 29.7 Å². The third-order valence-corrected chi connectivity index (χ3v) is 4.28. The molecule has 0 atom stereocenters. The SMILES string of the molecule is CCOc1ccc(-c2cnc(CCC(=O)Nc3cc(Cl)ccc3C)o2)cc1. The standard InChI is InChI=1S/C21H21ClN2O3/c1-3-26-17-8-5-15(6-9-17)19-13-23-21(27-19)11-10-20(25)24-18-12-16(22)7-4-14(18)2/h4-9,12-13H,3,10-11H2,1-2H3,(H,24,25). The van der Waals surface area contributed by atoms with E-state index < -0.39 is 0 Å². The van der Waals surface area contributed by atoms with E-state index in [1.807, 2.05) is 44.2 Å². The topological polar surface area (TPSA) is 64.4 Å². The molecule has 3 rings (SSSR count). The molecule has 0 radical (unpaired) electrons. The molecule has 0 aliphatic heterocycles. The largest absolute Gasteiger partial charge is 0.494 e. The Labute approximate surface area is 163 Å². The maximum atomic E-state index is 12.2. The molecule has 1 N–H and O–H groups in total. The van der Waals surface area contributed by atoms with Crippen LogP contribution in [0.4, 0.5) is 5.69 Å². The number of aryl methyl sites for hydroxylation is 2. The van der Waals surface area contributed by atoms with Gasteiger partial charge < -0.3 is 14.5 Å². The van der Waals surface area contributed by atoms with E-state index in [2.05, 4.69) is 10.3 Å². The Morgan fingerprint density at radius 2 is 2.00 bits per heavy atom. The van der Waals surface area contributed by atoms with Crippen molar-refractivity contribution in [3.63, 3.8) is 0 Å². The van der Waals surface area contributed by atoms with E-state index in [0.717, 1.165) is 22.6 Å². The van der Waals surface area contributed by atoms with Crippen LogP contribution in [-0.2, 0) is 11.2 Å². The lowest BCUT2D eigenvalue weighted by Crippen LogP contribution is -2.13. The van der Waals surface area contributed by atoms with Crippen LogP contribution in [0.2, 0.25) is 5.02 Å². The number of hydrogen-bond donors (Lipinski definition) is 1. The van der Waals surface area contributed by atoms with Crippen LogP contribution in [0.25, 0.3) is 11.3 Å². The van der Waals surface area contributed by atoms with Crippen molar-refractivity contribution in [2.75, 3.05) is 11.9 Å². The summed E-state index contributed by atoms with van der Waals surface area (Å²) in [6.07, 6.45) is 2.36. The van der Waals surface area contributed by atoms with Crippen LogP contribution in [0.3, 0.4) is 0 Å². The Hall–Kier alpha value is -2.79. The summed E-state index contributed by atoms with van der Waals surface area (Å²) in [4.78, 5) is 16.5. The van der Waals surface area contributed by atoms with E-state index in [-0.39, 0.29) is 12.3 Å². The van der Waals surface area contributed by atoms with Gasteiger partial charge in [0.1, 0.15) is 5.75 Å². The molecule has 2 aromatic carbocycles. The lowest BCUT2D eigenvalue weighted by molar-refractivity contribution is -0.116. The number of benzene rings is 2. The summed E-state index contributed by atoms with van der Waals surface area (Å²) < 4.78 is 11.2. The van der Waals surface area contributed by atoms with Crippen molar-refractivity contribution in [2.24, 2.45) is 0 Å². The Balaban J connectivity index is 1.57. The first-order valence-corrected chi connectivity index (χ1v) is 9.17. The van der Waals surface area contributed by atoms with Crippen LogP contribution in [0, 0.1) is 6.92 Å². The molecule has 0 aliphatic rings. The highest BCUT2D eigenvalue weighted by molar-refractivity contribution is 6.31. The second kappa shape index (κ2) is 8.73. The molecule has 1 amide bonds. The van der Waals surface area contributed by atoms with Crippen LogP contribution in [0.5, 0.6) is 5.75 Å². The van der Waals surface area contributed by atoms with Gasteiger partial charge in [-0.25, -0.2) is 4.98 Å². The van der Waals surface area contributed by atoms with E-state index in [9.17, 15) is 4.79 Å². The van der Waals surface area contributed by atoms with Gasteiger partial charge in [-0.3, -0.25) is 4.79 Å². The molecule has 0 saturated carbocycles. The van der Waals surface area contributed by atoms with Gasteiger partial charge in [0.25, 0.3) is 0 Å². The molecule has 0 saturated heterocycles. The van der Waals surface area contributed by atoms with Gasteiger partial charge >= 0.3 is 0 Å². The van der Waals surface area contributed by atoms with Gasteiger partial charge in [0, 0.05) is 29.1 Å². The number of aromatic nitrogens is 1. The predicted molar refractivity (Wildman–Crippen MR) is 106 cm³/mol. The molecule has 3 aromatic rings. The number of anilines is 1. The molecule has 6 heteroatoms. The minimum absolute atomic E-state index is 0.110. The Bertz CT molecular complexity index is 919. The first-order valence-electron chi connectivity index (χ1n) is 8.79. The number of oxazole rings is 1. The van der Waals surface area contributed by atoms with E-state index in [1.165, 1.54) is 0 Å². The van der Waals surface area contributed by atoms with Crippen LogP contribution < -0.4 is 10.1 Å². The number of halogens is 1. The molecule has 1 heterocycles. The second-order valence-electron chi connectivity index (χ2n) is 6.08. The first kappa shape index (κ1) is 19.0. The van der Waals surface area contributed by atoms with Gasteiger partial charge in [-0.1, -0.05) is 17.7 Å². The summed E-state index contributed by atoms with van der Waals surface area (Å²) in [6, 6.07) is 13.0. The number of nitrogens with zero attached hydrogens (tertiary/aromatic N) is 1. The molecule has 1 aromatic heterocycles. The fourth-order valence-electron chi connectivity index (χ4n) is 2.60. The highest BCUT2D eigenvalue weighted by Crippen LogP contribution is 2.24. The summed E-state index contributed by atoms with van der Waals surface area (Å²) in [6.45, 7) is 4.49. The van der Waals surface area contributed by atoms with Crippen molar-refractivity contribution >= 4 is 23.2 Å². The normalized spacial score (nSPS) is 10.6. The number of carbonyl (C=O) groups is 1. The van der Waals surface area contributed by atoms with Crippen LogP contribution in [0.15, 0.2) is 53.1 Å². The van der Waals surface area contributed by atoms with Gasteiger partial charge in [-0.15, -0.1) is 0 Å². The fourth-order valence-corrected chi connectivity index (χ4v) is 2.78. The summed E-state index contributed by atoms with van der Waals surface area (Å²) in [5.74, 6) is 1.89. The predicted octanol–water partition coefficient (Wildman–Crippen LogP) is 5.27. The van der Waals surface area contributed by atoms with Gasteiger partial charge in [0.2, 0.25) is 5.91 Å². The van der Waals surface area contributed by atoms with Crippen molar-refractivity contribution < 1.29 is 13.9 Å². The van der Waals surface area contributed by atoms with Crippen molar-refractivity contribution in [1.29, 1.82) is 0 Å². The van der Waals surface area contributed by atoms with Gasteiger partial charge in [-0.2, -0.15) is 0 Å². The third kappa shape index (κ3) is 5.11. The number of carbonyl (C=O) groups excluding carboxylic acids is 1. The van der Waals surface area contributed by atoms with Crippen molar-refractivity contribution in [1.82, 2.24) is 4.98 Å². The second-order valence-corrected chi connectivity index (χ2v) is 6.52. The van der Waals surface area contributed by atoms with Gasteiger partial charge in [0.15, 0.2) is 11.7 Å². The molecule has 0 aliphatic carbocycles. The zero-order chi connectivity index (χ0) is 19.2. The first-order chi connectivity index (χ1) is 13.0. The lowest BCUT2D eigenvalue weighted by atomic mass is 10.2. The Morgan fingerprint density at radius 3 is 2.74 bits per heavy atom. The summed E-state index contributed by atoms with van der Waals surface area (Å²) in [5, 5.41) is 3.46. The molecule has 0 bridgehead atoms. The van der Waals surface area contributed by atoms with Crippen molar-refractivity contribution in [3.05, 3.63) is 65.1 Å². The van der Waals surface area contributed by atoms with Crippen LogP contribution in [-0.4, -0.2) is 17.5 Å². The maximum absolute atomic E-state index is 12.2. The molecule has 0 unspecified atom stereocenters. The number of nitrogens with one attached hydrogen (secondary N) is 1. The van der Waals surface area contributed by atoms with Crippen LogP contribution in [0.1, 0.15) is 24.8 Å². The van der Waals surface area contributed by atoms with E-state index in [1.54, 1.807) is 18.3 Å². The van der Waals surface area contributed by atoms with Gasteiger partial charge in [-0.05, 0) is 55.8 Å². The highest BCUT2D eigenvalue weighted by atomic mass is 35.5. The molecule has 140 valence electrons. The van der Waals surface area contributed by atoms with Gasteiger partial charge in [0.05, 0.1) is 12.8 Å². The minimum atomic E-state index is -0.110. The van der Waals surface area contributed by atoms with E-state index >= 15 is 0 Å². The smallest absolute Gasteiger partial charge is 0.224 e. The quantitative estimate of drug-likeness (QED) is 0.602. The Morgan fingerprint density at radius 1 is 1.22 bits per heavy atom. The number of rotatable bonds is 7. The zero-order valence-corrected chi connectivity index (χ0v) is 16.0.